The van der Waals surface area contributed by atoms with Crippen LogP contribution in [0.2, 0.25) is 0 Å². The second-order valence-electron chi connectivity index (χ2n) is 2.27. The standard InChI is InChI=1S/C7H2ClF2I2NO/c8-5(14)3-2(6(9)10)1-13-7(12)4(3)11/h1,6H. The third-order valence-corrected chi connectivity index (χ3v) is 4.53. The van der Waals surface area contributed by atoms with Crippen molar-refractivity contribution in [1.82, 2.24) is 4.98 Å². The Kier molecular flexibility index (Phi) is 4.44. The molecule has 2 nitrogen and oxygen atoms in total. The summed E-state index contributed by atoms with van der Waals surface area (Å²) >= 11 is 8.84. The Balaban J connectivity index is 3.45. The van der Waals surface area contributed by atoms with Gasteiger partial charge in [-0.2, -0.15) is 0 Å². The molecule has 0 bridgehead atoms. The third-order valence-electron chi connectivity index (χ3n) is 1.44. The number of nitrogens with zero attached hydrogens (tertiary/aromatic N) is 1. The molecule has 0 aliphatic carbocycles. The first-order chi connectivity index (χ1) is 6.45. The van der Waals surface area contributed by atoms with E-state index in [9.17, 15) is 13.6 Å². The summed E-state index contributed by atoms with van der Waals surface area (Å²) in [5.41, 5.74) is -0.573. The first kappa shape index (κ1) is 12.5. The Hall–Kier alpha value is 0.430. The Morgan fingerprint density at radius 1 is 1.50 bits per heavy atom. The number of carbonyl (C=O) groups excluding carboxylic acids is 1. The van der Waals surface area contributed by atoms with Crippen LogP contribution < -0.4 is 0 Å². The Morgan fingerprint density at radius 2 is 2.07 bits per heavy atom. The fraction of sp³-hybridized carbons (Fsp3) is 0.143. The molecule has 0 saturated heterocycles. The van der Waals surface area contributed by atoms with Crippen LogP contribution in [0.25, 0.3) is 0 Å². The average Bonchev–Trinajstić information content (AvgIpc) is 2.08. The summed E-state index contributed by atoms with van der Waals surface area (Å²) < 4.78 is 25.7. The lowest BCUT2D eigenvalue weighted by Gasteiger charge is -2.07. The highest BCUT2D eigenvalue weighted by atomic mass is 127. The van der Waals surface area contributed by atoms with Gasteiger partial charge in [-0.05, 0) is 56.8 Å². The van der Waals surface area contributed by atoms with E-state index in [0.29, 0.717) is 7.27 Å². The molecule has 0 aliphatic heterocycles. The zero-order chi connectivity index (χ0) is 10.9. The van der Waals surface area contributed by atoms with E-state index in [1.165, 1.54) is 0 Å². The molecule has 76 valence electrons. The smallest absolute Gasteiger partial charge is 0.266 e. The summed E-state index contributed by atoms with van der Waals surface area (Å²) in [5, 5.41) is -0.884. The fourth-order valence-electron chi connectivity index (χ4n) is 0.843. The van der Waals surface area contributed by atoms with Gasteiger partial charge in [0.2, 0.25) is 0 Å². The third kappa shape index (κ3) is 2.51. The van der Waals surface area contributed by atoms with E-state index in [1.807, 2.05) is 22.6 Å². The maximum absolute atomic E-state index is 12.4. The Labute approximate surface area is 111 Å². The highest BCUT2D eigenvalue weighted by molar-refractivity contribution is 14.1. The average molecular weight is 443 g/mol. The second-order valence-corrected chi connectivity index (χ2v) is 4.71. The van der Waals surface area contributed by atoms with Crippen LogP contribution in [-0.4, -0.2) is 10.2 Å². The number of carbonyl (C=O) groups is 1. The van der Waals surface area contributed by atoms with E-state index in [0.717, 1.165) is 6.20 Å². The maximum atomic E-state index is 12.4. The molecule has 14 heavy (non-hydrogen) atoms. The summed E-state index contributed by atoms with van der Waals surface area (Å²) in [4.78, 5) is 14.7. The van der Waals surface area contributed by atoms with Gasteiger partial charge < -0.3 is 0 Å². The highest BCUT2D eigenvalue weighted by Gasteiger charge is 2.22. The topological polar surface area (TPSA) is 30.0 Å². The number of pyridine rings is 1. The van der Waals surface area contributed by atoms with Crippen LogP contribution in [0.1, 0.15) is 22.3 Å². The van der Waals surface area contributed by atoms with Crippen LogP contribution in [0.5, 0.6) is 0 Å². The van der Waals surface area contributed by atoms with Gasteiger partial charge in [-0.3, -0.25) is 4.79 Å². The van der Waals surface area contributed by atoms with Crippen molar-refractivity contribution in [1.29, 1.82) is 0 Å². The first-order valence-corrected chi connectivity index (χ1v) is 5.80. The molecule has 1 rings (SSSR count). The van der Waals surface area contributed by atoms with Crippen molar-refractivity contribution >= 4 is 62.0 Å². The summed E-state index contributed by atoms with van der Waals surface area (Å²) in [6.45, 7) is 0. The number of rotatable bonds is 2. The molecular formula is C7H2ClF2I2NO. The van der Waals surface area contributed by atoms with Crippen LogP contribution in [0.15, 0.2) is 6.20 Å². The Bertz CT molecular complexity index is 386. The quantitative estimate of drug-likeness (QED) is 0.397. The lowest BCUT2D eigenvalue weighted by atomic mass is 10.1. The van der Waals surface area contributed by atoms with Gasteiger partial charge >= 0.3 is 0 Å². The van der Waals surface area contributed by atoms with Gasteiger partial charge in [-0.15, -0.1) is 0 Å². The zero-order valence-corrected chi connectivity index (χ0v) is 11.5. The van der Waals surface area contributed by atoms with Crippen molar-refractivity contribution in [3.63, 3.8) is 0 Å². The molecule has 0 aliphatic rings. The SMILES string of the molecule is O=C(Cl)c1c(C(F)F)cnc(I)c1I. The van der Waals surface area contributed by atoms with E-state index in [1.54, 1.807) is 22.6 Å². The van der Waals surface area contributed by atoms with Crippen molar-refractivity contribution in [2.75, 3.05) is 0 Å². The number of halogens is 5. The minimum absolute atomic E-state index is 0.151. The zero-order valence-electron chi connectivity index (χ0n) is 6.40. The number of aromatic nitrogens is 1. The van der Waals surface area contributed by atoms with E-state index in [4.69, 9.17) is 11.6 Å². The molecular weight excluding hydrogens is 441 g/mol. The van der Waals surface area contributed by atoms with Gasteiger partial charge in [-0.25, -0.2) is 13.8 Å². The highest BCUT2D eigenvalue weighted by Crippen LogP contribution is 2.29. The summed E-state index contributed by atoms with van der Waals surface area (Å²) in [5.74, 6) is 0. The van der Waals surface area contributed by atoms with Gasteiger partial charge in [0, 0.05) is 11.8 Å². The monoisotopic (exact) mass is 443 g/mol. The van der Waals surface area contributed by atoms with Crippen molar-refractivity contribution in [3.8, 4) is 0 Å². The molecule has 0 fully saturated rings. The largest absolute Gasteiger partial charge is 0.276 e. The minimum Gasteiger partial charge on any atom is -0.276 e. The van der Waals surface area contributed by atoms with Gasteiger partial charge in [0.05, 0.1) is 9.13 Å². The molecule has 1 aromatic heterocycles. The van der Waals surface area contributed by atoms with Crippen LogP contribution in [0.4, 0.5) is 8.78 Å². The molecule has 0 saturated carbocycles. The molecule has 0 unspecified atom stereocenters. The van der Waals surface area contributed by atoms with Gasteiger partial charge in [0.15, 0.2) is 0 Å². The number of hydrogen-bond donors (Lipinski definition) is 0. The lowest BCUT2D eigenvalue weighted by molar-refractivity contribution is 0.106. The van der Waals surface area contributed by atoms with Crippen molar-refractivity contribution in [2.45, 2.75) is 6.43 Å². The van der Waals surface area contributed by atoms with Crippen LogP contribution in [0.3, 0.4) is 0 Å². The van der Waals surface area contributed by atoms with Crippen LogP contribution >= 0.6 is 56.8 Å². The number of alkyl halides is 2. The van der Waals surface area contributed by atoms with E-state index < -0.39 is 17.2 Å². The van der Waals surface area contributed by atoms with Gasteiger partial charge in [0.25, 0.3) is 11.7 Å². The van der Waals surface area contributed by atoms with E-state index in [2.05, 4.69) is 4.98 Å². The normalized spacial score (nSPS) is 10.7. The summed E-state index contributed by atoms with van der Waals surface area (Å²) in [6, 6.07) is 0. The molecule has 7 heteroatoms. The molecule has 0 aromatic carbocycles. The minimum atomic E-state index is -2.74. The maximum Gasteiger partial charge on any atom is 0.266 e. The molecule has 0 atom stereocenters. The van der Waals surface area contributed by atoms with Crippen molar-refractivity contribution in [3.05, 3.63) is 24.6 Å². The molecule has 0 N–H and O–H groups in total. The summed E-state index contributed by atoms with van der Waals surface area (Å²) in [6.07, 6.45) is -1.77. The summed E-state index contributed by atoms with van der Waals surface area (Å²) in [7, 11) is 0. The van der Waals surface area contributed by atoms with Gasteiger partial charge in [0.1, 0.15) is 3.70 Å². The van der Waals surface area contributed by atoms with Crippen LogP contribution in [0, 0.1) is 7.27 Å². The Morgan fingerprint density at radius 3 is 2.50 bits per heavy atom. The van der Waals surface area contributed by atoms with Crippen molar-refractivity contribution in [2.24, 2.45) is 0 Å². The van der Waals surface area contributed by atoms with Crippen molar-refractivity contribution < 1.29 is 13.6 Å². The number of hydrogen-bond acceptors (Lipinski definition) is 2. The fourth-order valence-corrected chi connectivity index (χ4v) is 2.31. The molecule has 0 radical (unpaired) electrons. The molecule has 0 amide bonds. The first-order valence-electron chi connectivity index (χ1n) is 3.27. The molecule has 1 aromatic rings. The van der Waals surface area contributed by atoms with E-state index in [-0.39, 0.29) is 5.56 Å². The van der Waals surface area contributed by atoms with Crippen LogP contribution in [-0.2, 0) is 0 Å². The van der Waals surface area contributed by atoms with Gasteiger partial charge in [-0.1, -0.05) is 0 Å². The molecule has 1 heterocycles. The second kappa shape index (κ2) is 4.97. The lowest BCUT2D eigenvalue weighted by Crippen LogP contribution is -2.05. The predicted octanol–water partition coefficient (Wildman–Crippen LogP) is 3.61. The predicted molar refractivity (Wildman–Crippen MR) is 64.8 cm³/mol. The molecule has 0 spiro atoms. The van der Waals surface area contributed by atoms with E-state index >= 15 is 0 Å².